The molecule has 0 radical (unpaired) electrons. The van der Waals surface area contributed by atoms with Gasteiger partial charge in [-0.05, 0) is 25.2 Å². The lowest BCUT2D eigenvalue weighted by Gasteiger charge is -2.26. The first-order valence-electron chi connectivity index (χ1n) is 4.87. The zero-order valence-electron chi connectivity index (χ0n) is 7.45. The highest BCUT2D eigenvalue weighted by Gasteiger charge is 2.45. The molecule has 0 aromatic rings. The van der Waals surface area contributed by atoms with Gasteiger partial charge in [-0.25, -0.2) is 0 Å². The highest BCUT2D eigenvalue weighted by Crippen LogP contribution is 2.39. The Balaban J connectivity index is 2.09. The summed E-state index contributed by atoms with van der Waals surface area (Å²) in [7, 11) is 0. The molecule has 0 bridgehead atoms. The summed E-state index contributed by atoms with van der Waals surface area (Å²) < 4.78 is 13.4. The Morgan fingerprint density at radius 3 is 2.69 bits per heavy atom. The van der Waals surface area contributed by atoms with Gasteiger partial charge in [0, 0.05) is 6.04 Å². The summed E-state index contributed by atoms with van der Waals surface area (Å²) in [4.78, 5) is 10.7. The molecule has 13 heavy (non-hydrogen) atoms. The topological polar surface area (TPSA) is 40.5 Å². The molecule has 4 heteroatoms. The minimum atomic E-state index is -1.02. The molecule has 0 aromatic heterocycles. The highest BCUT2D eigenvalue weighted by atomic mass is 19.2. The fourth-order valence-corrected chi connectivity index (χ4v) is 2.61. The van der Waals surface area contributed by atoms with Crippen molar-refractivity contribution in [3.8, 4) is 0 Å². The van der Waals surface area contributed by atoms with Crippen LogP contribution in [0.25, 0.3) is 0 Å². The second-order valence-corrected chi connectivity index (χ2v) is 4.05. The van der Waals surface area contributed by atoms with Crippen LogP contribution in [-0.4, -0.2) is 28.3 Å². The number of carboxylic acid groups (broad SMARTS) is 1. The second-order valence-electron chi connectivity index (χ2n) is 4.05. The van der Waals surface area contributed by atoms with Gasteiger partial charge in [0.1, 0.15) is 6.04 Å². The van der Waals surface area contributed by atoms with Gasteiger partial charge in [-0.15, -0.1) is 9.60 Å². The van der Waals surface area contributed by atoms with Crippen LogP contribution in [0.4, 0.5) is 4.48 Å². The SMILES string of the molecule is O=C(O)[C@@H]1CC2CCCCC2N1F. The van der Waals surface area contributed by atoms with Crippen molar-refractivity contribution in [1.82, 2.24) is 5.12 Å². The van der Waals surface area contributed by atoms with Gasteiger partial charge in [0.2, 0.25) is 0 Å². The number of hydrogen-bond acceptors (Lipinski definition) is 2. The van der Waals surface area contributed by atoms with Crippen LogP contribution < -0.4 is 0 Å². The second kappa shape index (κ2) is 3.25. The lowest BCUT2D eigenvalue weighted by Crippen LogP contribution is -2.35. The molecule has 0 spiro atoms. The fraction of sp³-hybridized carbons (Fsp3) is 0.889. The van der Waals surface area contributed by atoms with Crippen molar-refractivity contribution in [2.75, 3.05) is 0 Å². The third-order valence-corrected chi connectivity index (χ3v) is 3.29. The summed E-state index contributed by atoms with van der Waals surface area (Å²) >= 11 is 0. The number of carboxylic acids is 1. The van der Waals surface area contributed by atoms with E-state index in [-0.39, 0.29) is 12.0 Å². The summed E-state index contributed by atoms with van der Waals surface area (Å²) in [5.41, 5.74) is 0. The number of carbonyl (C=O) groups is 1. The van der Waals surface area contributed by atoms with Crippen LogP contribution in [0.15, 0.2) is 0 Å². The van der Waals surface area contributed by atoms with Crippen molar-refractivity contribution in [3.05, 3.63) is 0 Å². The predicted octanol–water partition coefficient (Wildman–Crippen LogP) is 1.59. The van der Waals surface area contributed by atoms with Gasteiger partial charge in [-0.3, -0.25) is 4.79 Å². The molecule has 1 N–H and O–H groups in total. The van der Waals surface area contributed by atoms with E-state index < -0.39 is 12.0 Å². The van der Waals surface area contributed by atoms with E-state index in [1.165, 1.54) is 0 Å². The molecule has 3 atom stereocenters. The lowest BCUT2D eigenvalue weighted by atomic mass is 9.85. The van der Waals surface area contributed by atoms with Crippen LogP contribution in [0.3, 0.4) is 0 Å². The third kappa shape index (κ3) is 1.43. The van der Waals surface area contributed by atoms with Crippen molar-refractivity contribution in [3.63, 3.8) is 0 Å². The van der Waals surface area contributed by atoms with E-state index in [2.05, 4.69) is 0 Å². The number of halogens is 1. The van der Waals surface area contributed by atoms with Gasteiger partial charge in [0.05, 0.1) is 0 Å². The van der Waals surface area contributed by atoms with Crippen molar-refractivity contribution in [2.45, 2.75) is 44.2 Å². The first-order valence-corrected chi connectivity index (χ1v) is 4.87. The Morgan fingerprint density at radius 2 is 2.08 bits per heavy atom. The summed E-state index contributed by atoms with van der Waals surface area (Å²) in [5.74, 6) is -0.739. The zero-order chi connectivity index (χ0) is 9.42. The highest BCUT2D eigenvalue weighted by molar-refractivity contribution is 5.73. The number of hydrogen-bond donors (Lipinski definition) is 1. The average molecular weight is 187 g/mol. The summed E-state index contributed by atoms with van der Waals surface area (Å²) in [6, 6.07) is -0.997. The number of rotatable bonds is 1. The first kappa shape index (κ1) is 8.94. The molecule has 1 aliphatic carbocycles. The molecular formula is C9H14FNO2. The molecule has 74 valence electrons. The zero-order valence-corrected chi connectivity index (χ0v) is 7.45. The Kier molecular flexibility index (Phi) is 2.24. The van der Waals surface area contributed by atoms with E-state index in [1.54, 1.807) is 0 Å². The Hall–Kier alpha value is -0.640. The molecule has 0 aromatic carbocycles. The van der Waals surface area contributed by atoms with Crippen LogP contribution in [0.5, 0.6) is 0 Å². The van der Waals surface area contributed by atoms with Crippen LogP contribution in [0, 0.1) is 5.92 Å². The average Bonchev–Trinajstić information content (AvgIpc) is 2.45. The predicted molar refractivity (Wildman–Crippen MR) is 44.7 cm³/mol. The van der Waals surface area contributed by atoms with Crippen LogP contribution >= 0.6 is 0 Å². The lowest BCUT2D eigenvalue weighted by molar-refractivity contribution is -0.151. The summed E-state index contributed by atoms with van der Waals surface area (Å²) in [5, 5.41) is 9.32. The maximum Gasteiger partial charge on any atom is 0.323 e. The molecule has 1 heterocycles. The maximum absolute atomic E-state index is 13.4. The molecule has 3 nitrogen and oxygen atoms in total. The standard InChI is InChI=1S/C9H14FNO2/c10-11-7-4-2-1-3-6(7)5-8(11)9(12)13/h6-8H,1-5H2,(H,12,13)/t6?,7?,8-/m0/s1. The van der Waals surface area contributed by atoms with E-state index in [9.17, 15) is 9.28 Å². The molecule has 1 saturated heterocycles. The molecule has 2 unspecified atom stereocenters. The number of aliphatic carboxylic acids is 1. The van der Waals surface area contributed by atoms with Gasteiger partial charge >= 0.3 is 5.97 Å². The van der Waals surface area contributed by atoms with Crippen molar-refractivity contribution in [2.24, 2.45) is 5.92 Å². The smallest absolute Gasteiger partial charge is 0.323 e. The summed E-state index contributed by atoms with van der Waals surface area (Å²) in [6.07, 6.45) is 4.48. The Morgan fingerprint density at radius 1 is 1.38 bits per heavy atom. The van der Waals surface area contributed by atoms with Crippen LogP contribution in [-0.2, 0) is 4.79 Å². The molecule has 2 aliphatic rings. The Bertz CT molecular complexity index is 222. The van der Waals surface area contributed by atoms with Gasteiger partial charge in [-0.1, -0.05) is 12.8 Å². The molecular weight excluding hydrogens is 173 g/mol. The number of fused-ring (bicyclic) bond motifs is 1. The fourth-order valence-electron chi connectivity index (χ4n) is 2.61. The molecule has 2 rings (SSSR count). The maximum atomic E-state index is 13.4. The van der Waals surface area contributed by atoms with E-state index in [0.29, 0.717) is 11.5 Å². The van der Waals surface area contributed by atoms with E-state index in [1.807, 2.05) is 0 Å². The van der Waals surface area contributed by atoms with E-state index in [0.717, 1.165) is 25.7 Å². The van der Waals surface area contributed by atoms with Crippen molar-refractivity contribution >= 4 is 5.97 Å². The van der Waals surface area contributed by atoms with Gasteiger partial charge < -0.3 is 5.11 Å². The summed E-state index contributed by atoms with van der Waals surface area (Å²) in [6.45, 7) is 0. The normalized spacial score (nSPS) is 40.2. The first-order chi connectivity index (χ1) is 6.20. The van der Waals surface area contributed by atoms with Crippen LogP contribution in [0.2, 0.25) is 0 Å². The van der Waals surface area contributed by atoms with E-state index in [4.69, 9.17) is 5.11 Å². The molecule has 1 saturated carbocycles. The van der Waals surface area contributed by atoms with Crippen molar-refractivity contribution < 1.29 is 14.4 Å². The van der Waals surface area contributed by atoms with E-state index >= 15 is 0 Å². The van der Waals surface area contributed by atoms with Crippen LogP contribution in [0.1, 0.15) is 32.1 Å². The minimum Gasteiger partial charge on any atom is -0.480 e. The molecule has 2 fully saturated rings. The number of nitrogens with zero attached hydrogens (tertiary/aromatic N) is 1. The largest absolute Gasteiger partial charge is 0.480 e. The molecule has 1 aliphatic heterocycles. The van der Waals surface area contributed by atoms with Crippen molar-refractivity contribution in [1.29, 1.82) is 0 Å². The quantitative estimate of drug-likeness (QED) is 0.634. The Labute approximate surface area is 76.5 Å². The van der Waals surface area contributed by atoms with Gasteiger partial charge in [0.15, 0.2) is 0 Å². The molecule has 0 amide bonds. The van der Waals surface area contributed by atoms with Gasteiger partial charge in [-0.2, -0.15) is 0 Å². The van der Waals surface area contributed by atoms with Gasteiger partial charge in [0.25, 0.3) is 0 Å². The minimum absolute atomic E-state index is 0.116. The monoisotopic (exact) mass is 187 g/mol. The third-order valence-electron chi connectivity index (χ3n) is 3.29.